The number of nitrogens with two attached hydrogens (primary N) is 1. The Kier molecular flexibility index (Phi) is 6.83. The van der Waals surface area contributed by atoms with Crippen LogP contribution in [-0.4, -0.2) is 26.2 Å². The van der Waals surface area contributed by atoms with E-state index in [-0.39, 0.29) is 18.0 Å². The average molecular weight is 342 g/mol. The summed E-state index contributed by atoms with van der Waals surface area (Å²) in [7, 11) is 3.25. The summed E-state index contributed by atoms with van der Waals surface area (Å²) in [6.07, 6.45) is 1.04. The van der Waals surface area contributed by atoms with E-state index in [4.69, 9.17) is 15.2 Å². The molecule has 5 nitrogen and oxygen atoms in total. The van der Waals surface area contributed by atoms with Crippen molar-refractivity contribution in [1.82, 2.24) is 5.32 Å². The topological polar surface area (TPSA) is 73.6 Å². The Morgan fingerprint density at radius 2 is 1.56 bits per heavy atom. The quantitative estimate of drug-likeness (QED) is 0.773. The van der Waals surface area contributed by atoms with E-state index in [0.29, 0.717) is 12.8 Å². The molecule has 0 saturated carbocycles. The number of ether oxygens (including phenoxy) is 2. The fourth-order valence-electron chi connectivity index (χ4n) is 2.59. The van der Waals surface area contributed by atoms with Crippen LogP contribution in [0.15, 0.2) is 48.5 Å². The lowest BCUT2D eigenvalue weighted by Crippen LogP contribution is -2.30. The summed E-state index contributed by atoms with van der Waals surface area (Å²) in [5.41, 5.74) is 7.65. The van der Waals surface area contributed by atoms with Crippen molar-refractivity contribution in [3.05, 3.63) is 59.7 Å². The molecular formula is C20H26N2O3. The lowest BCUT2D eigenvalue weighted by molar-refractivity contribution is -0.121. The Morgan fingerprint density at radius 3 is 2.00 bits per heavy atom. The monoisotopic (exact) mass is 342 g/mol. The third-order valence-electron chi connectivity index (χ3n) is 3.99. The number of nitrogens with one attached hydrogen (secondary N) is 1. The molecule has 1 amide bonds. The molecule has 0 aliphatic heterocycles. The summed E-state index contributed by atoms with van der Waals surface area (Å²) in [5, 5.41) is 3.10. The third kappa shape index (κ3) is 5.50. The summed E-state index contributed by atoms with van der Waals surface area (Å²) in [6.45, 7) is 1.90. The van der Waals surface area contributed by atoms with Gasteiger partial charge in [0.15, 0.2) is 0 Å². The number of methoxy groups -OCH3 is 2. The molecule has 2 aromatic rings. The second kappa shape index (κ2) is 9.08. The lowest BCUT2D eigenvalue weighted by Gasteiger charge is -2.21. The van der Waals surface area contributed by atoms with Crippen molar-refractivity contribution in [3.63, 3.8) is 0 Å². The molecule has 0 saturated heterocycles. The Hall–Kier alpha value is -2.53. The molecule has 0 aliphatic rings. The zero-order valence-electron chi connectivity index (χ0n) is 15.0. The van der Waals surface area contributed by atoms with Crippen molar-refractivity contribution in [3.8, 4) is 11.5 Å². The van der Waals surface area contributed by atoms with Gasteiger partial charge in [0, 0.05) is 12.5 Å². The van der Waals surface area contributed by atoms with Crippen molar-refractivity contribution in [2.45, 2.75) is 31.8 Å². The van der Waals surface area contributed by atoms with Crippen LogP contribution in [0, 0.1) is 0 Å². The molecule has 2 rings (SSSR count). The highest BCUT2D eigenvalue weighted by atomic mass is 16.5. The first kappa shape index (κ1) is 18.8. The van der Waals surface area contributed by atoms with Crippen molar-refractivity contribution < 1.29 is 14.3 Å². The minimum atomic E-state index is -0.286. The van der Waals surface area contributed by atoms with Gasteiger partial charge in [0.25, 0.3) is 0 Å². The van der Waals surface area contributed by atoms with Crippen LogP contribution in [-0.2, 0) is 4.79 Å². The van der Waals surface area contributed by atoms with E-state index >= 15 is 0 Å². The van der Waals surface area contributed by atoms with Gasteiger partial charge in [-0.1, -0.05) is 24.3 Å². The zero-order chi connectivity index (χ0) is 18.2. The number of benzene rings is 2. The Labute approximate surface area is 149 Å². The van der Waals surface area contributed by atoms with Crippen molar-refractivity contribution >= 4 is 5.91 Å². The maximum atomic E-state index is 12.4. The molecule has 0 heterocycles. The van der Waals surface area contributed by atoms with Gasteiger partial charge in [0.05, 0.1) is 20.3 Å². The Morgan fingerprint density at radius 1 is 1.04 bits per heavy atom. The van der Waals surface area contributed by atoms with Crippen LogP contribution < -0.4 is 20.5 Å². The van der Waals surface area contributed by atoms with Gasteiger partial charge in [-0.2, -0.15) is 0 Å². The lowest BCUT2D eigenvalue weighted by atomic mass is 9.97. The first-order chi connectivity index (χ1) is 12.0. The van der Waals surface area contributed by atoms with Crippen molar-refractivity contribution in [1.29, 1.82) is 0 Å². The maximum absolute atomic E-state index is 12.4. The van der Waals surface area contributed by atoms with Gasteiger partial charge in [-0.15, -0.1) is 0 Å². The van der Waals surface area contributed by atoms with Crippen LogP contribution in [0.5, 0.6) is 11.5 Å². The summed E-state index contributed by atoms with van der Waals surface area (Å²) >= 11 is 0. The molecule has 1 unspecified atom stereocenters. The summed E-state index contributed by atoms with van der Waals surface area (Å²) in [6, 6.07) is 15.1. The van der Waals surface area contributed by atoms with E-state index < -0.39 is 0 Å². The minimum Gasteiger partial charge on any atom is -0.497 e. The predicted octanol–water partition coefficient (Wildman–Crippen LogP) is 3.04. The number of carbonyl (C=O) groups is 1. The van der Waals surface area contributed by atoms with Crippen LogP contribution in [0.1, 0.15) is 36.9 Å². The molecule has 2 aromatic carbocycles. The first-order valence-corrected chi connectivity index (χ1v) is 8.36. The van der Waals surface area contributed by atoms with E-state index in [0.717, 1.165) is 22.6 Å². The van der Waals surface area contributed by atoms with Gasteiger partial charge in [0.1, 0.15) is 11.5 Å². The molecule has 0 aliphatic carbocycles. The molecule has 0 radical (unpaired) electrons. The van der Waals surface area contributed by atoms with Gasteiger partial charge in [-0.25, -0.2) is 0 Å². The van der Waals surface area contributed by atoms with Crippen LogP contribution in [0.2, 0.25) is 0 Å². The molecule has 1 atom stereocenters. The SMILES string of the molecule is COc1cccc(C(NC(=O)CCC(C)N)c2cccc(OC)c2)c1. The molecule has 0 fully saturated rings. The molecule has 0 aromatic heterocycles. The van der Waals surface area contributed by atoms with E-state index in [9.17, 15) is 4.79 Å². The van der Waals surface area contributed by atoms with Gasteiger partial charge >= 0.3 is 0 Å². The molecule has 5 heteroatoms. The zero-order valence-corrected chi connectivity index (χ0v) is 15.0. The molecular weight excluding hydrogens is 316 g/mol. The Bertz CT molecular complexity index is 653. The standard InChI is InChI=1S/C20H26N2O3/c1-14(21)10-11-19(23)22-20(15-6-4-8-17(12-15)24-2)16-7-5-9-18(13-16)25-3/h4-9,12-14,20H,10-11,21H2,1-3H3,(H,22,23). The normalized spacial score (nSPS) is 11.9. The summed E-state index contributed by atoms with van der Waals surface area (Å²) < 4.78 is 10.6. The van der Waals surface area contributed by atoms with Gasteiger partial charge in [0.2, 0.25) is 5.91 Å². The maximum Gasteiger partial charge on any atom is 0.220 e. The number of rotatable bonds is 8. The van der Waals surface area contributed by atoms with Crippen LogP contribution in [0.25, 0.3) is 0 Å². The molecule has 0 bridgehead atoms. The molecule has 134 valence electrons. The number of hydrogen-bond donors (Lipinski definition) is 2. The second-order valence-electron chi connectivity index (χ2n) is 6.07. The largest absolute Gasteiger partial charge is 0.497 e. The Balaban J connectivity index is 2.31. The van der Waals surface area contributed by atoms with Crippen LogP contribution >= 0.6 is 0 Å². The van der Waals surface area contributed by atoms with Gasteiger partial charge < -0.3 is 20.5 Å². The second-order valence-corrected chi connectivity index (χ2v) is 6.07. The van der Waals surface area contributed by atoms with Crippen molar-refractivity contribution in [2.75, 3.05) is 14.2 Å². The predicted molar refractivity (Wildman–Crippen MR) is 98.9 cm³/mol. The smallest absolute Gasteiger partial charge is 0.220 e. The number of amides is 1. The van der Waals surface area contributed by atoms with Crippen LogP contribution in [0.4, 0.5) is 0 Å². The molecule has 3 N–H and O–H groups in total. The highest BCUT2D eigenvalue weighted by molar-refractivity contribution is 5.77. The van der Waals surface area contributed by atoms with Gasteiger partial charge in [-0.05, 0) is 48.7 Å². The van der Waals surface area contributed by atoms with E-state index in [2.05, 4.69) is 5.32 Å². The minimum absolute atomic E-state index is 0.00200. The van der Waals surface area contributed by atoms with Crippen molar-refractivity contribution in [2.24, 2.45) is 5.73 Å². The van der Waals surface area contributed by atoms with E-state index in [1.807, 2.05) is 55.5 Å². The molecule has 0 spiro atoms. The molecule has 25 heavy (non-hydrogen) atoms. The highest BCUT2D eigenvalue weighted by Gasteiger charge is 2.18. The number of carbonyl (C=O) groups excluding carboxylic acids is 1. The van der Waals surface area contributed by atoms with Gasteiger partial charge in [-0.3, -0.25) is 4.79 Å². The highest BCUT2D eigenvalue weighted by Crippen LogP contribution is 2.27. The fraction of sp³-hybridized carbons (Fsp3) is 0.350. The summed E-state index contributed by atoms with van der Waals surface area (Å²) in [4.78, 5) is 12.4. The van der Waals surface area contributed by atoms with E-state index in [1.54, 1.807) is 14.2 Å². The third-order valence-corrected chi connectivity index (χ3v) is 3.99. The fourth-order valence-corrected chi connectivity index (χ4v) is 2.59. The first-order valence-electron chi connectivity index (χ1n) is 8.36. The van der Waals surface area contributed by atoms with Crippen LogP contribution in [0.3, 0.4) is 0 Å². The average Bonchev–Trinajstić information content (AvgIpc) is 2.64. The number of hydrogen-bond acceptors (Lipinski definition) is 4. The summed E-state index contributed by atoms with van der Waals surface area (Å²) in [5.74, 6) is 1.46. The van der Waals surface area contributed by atoms with E-state index in [1.165, 1.54) is 0 Å².